The highest BCUT2D eigenvalue weighted by Gasteiger charge is 2.17. The molecule has 0 radical (unpaired) electrons. The van der Waals surface area contributed by atoms with E-state index in [1.54, 1.807) is 16.7 Å². The predicted octanol–water partition coefficient (Wildman–Crippen LogP) is 2.59. The van der Waals surface area contributed by atoms with Crippen molar-refractivity contribution in [2.24, 2.45) is 0 Å². The molecule has 0 aliphatic rings. The number of carbonyl (C=O) groups excluding carboxylic acids is 2. The lowest BCUT2D eigenvalue weighted by Crippen LogP contribution is -2.06. The van der Waals surface area contributed by atoms with Crippen LogP contribution in [0.5, 0.6) is 0 Å². The number of aryl methyl sites for hydroxylation is 1. The van der Waals surface area contributed by atoms with Crippen molar-refractivity contribution in [1.29, 1.82) is 0 Å². The maximum absolute atomic E-state index is 11.8. The zero-order valence-electron chi connectivity index (χ0n) is 10.1. The summed E-state index contributed by atoms with van der Waals surface area (Å²) >= 11 is 6.00. The van der Waals surface area contributed by atoms with Crippen LogP contribution in [0.25, 0.3) is 10.9 Å². The van der Waals surface area contributed by atoms with Gasteiger partial charge in [-0.25, -0.2) is 4.79 Å². The van der Waals surface area contributed by atoms with E-state index >= 15 is 0 Å². The molecule has 0 aliphatic carbocycles. The Bertz CT molecular complexity index is 631. The highest BCUT2D eigenvalue weighted by molar-refractivity contribution is 6.32. The van der Waals surface area contributed by atoms with Crippen LogP contribution in [0.4, 0.5) is 0 Å². The fraction of sp³-hybridized carbons (Fsp3) is 0.231. The van der Waals surface area contributed by atoms with Gasteiger partial charge in [-0.05, 0) is 24.6 Å². The Hall–Kier alpha value is -1.81. The van der Waals surface area contributed by atoms with Crippen LogP contribution in [-0.4, -0.2) is 23.9 Å². The van der Waals surface area contributed by atoms with E-state index < -0.39 is 5.97 Å². The third kappa shape index (κ3) is 1.99. The molecule has 0 aliphatic heterocycles. The predicted molar refractivity (Wildman–Crippen MR) is 69.1 cm³/mol. The zero-order chi connectivity index (χ0) is 13.3. The number of ether oxygens (including phenoxy) is 1. The van der Waals surface area contributed by atoms with E-state index in [2.05, 4.69) is 0 Å². The monoisotopic (exact) mass is 265 g/mol. The van der Waals surface area contributed by atoms with Crippen molar-refractivity contribution in [3.8, 4) is 0 Å². The molecule has 94 valence electrons. The molecule has 0 amide bonds. The summed E-state index contributed by atoms with van der Waals surface area (Å²) in [6.07, 6.45) is 2.61. The second-order valence-corrected chi connectivity index (χ2v) is 4.41. The van der Waals surface area contributed by atoms with E-state index in [0.29, 0.717) is 16.1 Å². The number of halogens is 1. The maximum Gasteiger partial charge on any atom is 0.340 e. The first-order valence-corrected chi connectivity index (χ1v) is 5.77. The Morgan fingerprint density at radius 1 is 1.50 bits per heavy atom. The highest BCUT2D eigenvalue weighted by atomic mass is 35.5. The van der Waals surface area contributed by atoms with Gasteiger partial charge in [0.1, 0.15) is 6.29 Å². The summed E-state index contributed by atoms with van der Waals surface area (Å²) < 4.78 is 6.46. The minimum absolute atomic E-state index is 0.190. The Balaban J connectivity index is 2.82. The lowest BCUT2D eigenvalue weighted by Gasteiger charge is -2.06. The molecule has 0 bridgehead atoms. The number of nitrogens with zero attached hydrogens (tertiary/aromatic N) is 1. The average molecular weight is 266 g/mol. The van der Waals surface area contributed by atoms with Crippen LogP contribution in [0.2, 0.25) is 5.02 Å². The van der Waals surface area contributed by atoms with Crippen molar-refractivity contribution >= 4 is 34.8 Å². The van der Waals surface area contributed by atoms with E-state index in [1.807, 2.05) is 13.1 Å². The number of hydrogen-bond acceptors (Lipinski definition) is 3. The molecule has 18 heavy (non-hydrogen) atoms. The van der Waals surface area contributed by atoms with Crippen molar-refractivity contribution in [3.63, 3.8) is 0 Å². The quantitative estimate of drug-likeness (QED) is 0.633. The van der Waals surface area contributed by atoms with E-state index in [4.69, 9.17) is 16.3 Å². The van der Waals surface area contributed by atoms with Gasteiger partial charge in [0.05, 0.1) is 24.7 Å². The van der Waals surface area contributed by atoms with Crippen LogP contribution in [0.1, 0.15) is 15.9 Å². The van der Waals surface area contributed by atoms with E-state index in [1.165, 1.54) is 7.11 Å². The normalized spacial score (nSPS) is 10.6. The maximum atomic E-state index is 11.8. The fourth-order valence-corrected chi connectivity index (χ4v) is 2.29. The lowest BCUT2D eigenvalue weighted by atomic mass is 10.1. The van der Waals surface area contributed by atoms with Gasteiger partial charge < -0.3 is 14.1 Å². The van der Waals surface area contributed by atoms with Gasteiger partial charge in [-0.1, -0.05) is 11.6 Å². The first-order valence-electron chi connectivity index (χ1n) is 5.39. The molecule has 1 aromatic carbocycles. The number of rotatable bonds is 3. The van der Waals surface area contributed by atoms with Gasteiger partial charge in [0.15, 0.2) is 0 Å². The van der Waals surface area contributed by atoms with E-state index in [0.717, 1.165) is 17.2 Å². The van der Waals surface area contributed by atoms with Gasteiger partial charge in [-0.15, -0.1) is 0 Å². The lowest BCUT2D eigenvalue weighted by molar-refractivity contribution is -0.108. The minimum Gasteiger partial charge on any atom is -0.465 e. The Labute approximate surface area is 109 Å². The summed E-state index contributed by atoms with van der Waals surface area (Å²) in [5, 5.41) is 1.32. The molecule has 0 unspecified atom stereocenters. The number of methoxy groups -OCH3 is 1. The molecule has 1 heterocycles. The topological polar surface area (TPSA) is 48.3 Å². The van der Waals surface area contributed by atoms with Crippen LogP contribution in [0, 0.1) is 6.92 Å². The van der Waals surface area contributed by atoms with Gasteiger partial charge in [-0.2, -0.15) is 0 Å². The summed E-state index contributed by atoms with van der Waals surface area (Å²) in [5.41, 5.74) is 2.00. The van der Waals surface area contributed by atoms with Crippen LogP contribution in [0.3, 0.4) is 0 Å². The van der Waals surface area contributed by atoms with Gasteiger partial charge >= 0.3 is 5.97 Å². The van der Waals surface area contributed by atoms with Crippen molar-refractivity contribution < 1.29 is 14.3 Å². The number of aromatic nitrogens is 1. The first kappa shape index (κ1) is 12.6. The number of carbonyl (C=O) groups is 2. The van der Waals surface area contributed by atoms with Crippen molar-refractivity contribution in [2.45, 2.75) is 13.5 Å². The van der Waals surface area contributed by atoms with E-state index in [9.17, 15) is 9.59 Å². The summed E-state index contributed by atoms with van der Waals surface area (Å²) in [6.45, 7) is 2.09. The summed E-state index contributed by atoms with van der Waals surface area (Å²) in [6, 6.07) is 3.33. The molecule has 1 aromatic heterocycles. The standard InChI is InChI=1S/C13H12ClNO3/c1-8-7-15(3-4-16)12-10(8)5-9(14)6-11(12)13(17)18-2/h4-7H,3H2,1-2H3. The average Bonchev–Trinajstić information content (AvgIpc) is 2.65. The van der Waals surface area contributed by atoms with Crippen LogP contribution in [0.15, 0.2) is 18.3 Å². The molecule has 4 nitrogen and oxygen atoms in total. The van der Waals surface area contributed by atoms with Crippen LogP contribution in [-0.2, 0) is 16.1 Å². The van der Waals surface area contributed by atoms with Crippen molar-refractivity contribution in [3.05, 3.63) is 34.5 Å². The van der Waals surface area contributed by atoms with Gasteiger partial charge in [-0.3, -0.25) is 0 Å². The Kier molecular flexibility index (Phi) is 3.39. The number of esters is 1. The molecule has 0 saturated heterocycles. The summed E-state index contributed by atoms with van der Waals surface area (Å²) in [4.78, 5) is 22.4. The Morgan fingerprint density at radius 2 is 2.22 bits per heavy atom. The molecule has 0 saturated carbocycles. The molecule has 0 N–H and O–H groups in total. The SMILES string of the molecule is COC(=O)c1cc(Cl)cc2c(C)cn(CC=O)c12. The third-order valence-corrected chi connectivity index (χ3v) is 3.03. The largest absolute Gasteiger partial charge is 0.465 e. The first-order chi connectivity index (χ1) is 8.58. The van der Waals surface area contributed by atoms with E-state index in [-0.39, 0.29) is 6.54 Å². The number of fused-ring (bicyclic) bond motifs is 1. The zero-order valence-corrected chi connectivity index (χ0v) is 10.8. The number of hydrogen-bond donors (Lipinski definition) is 0. The van der Waals surface area contributed by atoms with Gasteiger partial charge in [0.25, 0.3) is 0 Å². The molecule has 0 fully saturated rings. The molecule has 2 aromatic rings. The third-order valence-electron chi connectivity index (χ3n) is 2.81. The van der Waals surface area contributed by atoms with Crippen LogP contribution < -0.4 is 0 Å². The second-order valence-electron chi connectivity index (χ2n) is 3.97. The second kappa shape index (κ2) is 4.82. The Morgan fingerprint density at radius 3 is 2.83 bits per heavy atom. The molecular formula is C13H12ClNO3. The molecule has 0 atom stereocenters. The molecule has 2 rings (SSSR count). The summed E-state index contributed by atoms with van der Waals surface area (Å²) in [5.74, 6) is -0.465. The van der Waals surface area contributed by atoms with Crippen LogP contribution >= 0.6 is 11.6 Å². The fourth-order valence-electron chi connectivity index (χ4n) is 2.07. The molecular weight excluding hydrogens is 254 g/mol. The summed E-state index contributed by atoms with van der Waals surface area (Å²) in [7, 11) is 1.31. The molecule has 5 heteroatoms. The van der Waals surface area contributed by atoms with Crippen molar-refractivity contribution in [2.75, 3.05) is 7.11 Å². The number of benzene rings is 1. The number of aldehydes is 1. The minimum atomic E-state index is -0.465. The molecule has 0 spiro atoms. The smallest absolute Gasteiger partial charge is 0.340 e. The van der Waals surface area contributed by atoms with Gasteiger partial charge in [0, 0.05) is 16.6 Å². The highest BCUT2D eigenvalue weighted by Crippen LogP contribution is 2.28. The van der Waals surface area contributed by atoms with Crippen molar-refractivity contribution in [1.82, 2.24) is 4.57 Å². The van der Waals surface area contributed by atoms with Gasteiger partial charge in [0.2, 0.25) is 0 Å².